The number of amides is 1. The number of para-hydroxylation sites is 1. The number of aromatic amines is 1. The van der Waals surface area contributed by atoms with Crippen molar-refractivity contribution in [1.82, 2.24) is 24.6 Å². The minimum atomic E-state index is -0.213. The number of likely N-dealkylation sites (tertiary alicyclic amines) is 1. The summed E-state index contributed by atoms with van der Waals surface area (Å²) in [7, 11) is 0. The smallest absolute Gasteiger partial charge is 0.262 e. The van der Waals surface area contributed by atoms with Crippen LogP contribution in [0.1, 0.15) is 50.8 Å². The standard InChI is InChI=1S/C23H27N5O2/c29-21(27-14-6-8-16-7-4-5-11-19(16)27)13-12-20-25-22-18(23(30)26-20)15-24-28(22)17-9-2-1-3-10-17/h1-3,9-10,15-16,19H,4-8,11-14H2,(H,25,26,30)/t16-,19+/m0/s1. The molecule has 5 rings (SSSR count). The third kappa shape index (κ3) is 3.53. The van der Waals surface area contributed by atoms with Gasteiger partial charge in [0.15, 0.2) is 5.65 Å². The molecule has 1 amide bonds. The van der Waals surface area contributed by atoms with Crippen molar-refractivity contribution < 1.29 is 4.79 Å². The Morgan fingerprint density at radius 2 is 1.90 bits per heavy atom. The van der Waals surface area contributed by atoms with Gasteiger partial charge in [-0.05, 0) is 43.7 Å². The van der Waals surface area contributed by atoms with Gasteiger partial charge in [0.25, 0.3) is 5.56 Å². The zero-order chi connectivity index (χ0) is 20.5. The number of H-pyrrole nitrogens is 1. The second kappa shape index (κ2) is 8.05. The number of rotatable bonds is 4. The van der Waals surface area contributed by atoms with E-state index < -0.39 is 0 Å². The van der Waals surface area contributed by atoms with E-state index in [1.54, 1.807) is 10.9 Å². The number of aryl methyl sites for hydroxylation is 1. The highest BCUT2D eigenvalue weighted by Gasteiger charge is 2.35. The minimum absolute atomic E-state index is 0.186. The molecule has 1 N–H and O–H groups in total. The van der Waals surface area contributed by atoms with Gasteiger partial charge in [0.2, 0.25) is 5.91 Å². The number of aromatic nitrogens is 4. The summed E-state index contributed by atoms with van der Waals surface area (Å²) < 4.78 is 1.67. The summed E-state index contributed by atoms with van der Waals surface area (Å²) in [5.41, 5.74) is 1.16. The highest BCUT2D eigenvalue weighted by molar-refractivity contribution is 5.77. The number of carbonyl (C=O) groups is 1. The van der Waals surface area contributed by atoms with Crippen molar-refractivity contribution in [2.75, 3.05) is 6.54 Å². The van der Waals surface area contributed by atoms with Crippen LogP contribution in [0.2, 0.25) is 0 Å². The minimum Gasteiger partial charge on any atom is -0.339 e. The van der Waals surface area contributed by atoms with Crippen molar-refractivity contribution in [2.45, 2.75) is 57.4 Å². The number of piperidine rings is 1. The second-order valence-electron chi connectivity index (χ2n) is 8.48. The van der Waals surface area contributed by atoms with Crippen LogP contribution in [-0.2, 0) is 11.2 Å². The number of nitrogens with zero attached hydrogens (tertiary/aromatic N) is 4. The molecule has 1 aliphatic carbocycles. The Kier molecular flexibility index (Phi) is 5.11. The van der Waals surface area contributed by atoms with E-state index in [1.165, 1.54) is 25.7 Å². The van der Waals surface area contributed by atoms with Crippen LogP contribution in [0.25, 0.3) is 16.7 Å². The number of hydrogen-bond donors (Lipinski definition) is 1. The van der Waals surface area contributed by atoms with Crippen LogP contribution >= 0.6 is 0 Å². The van der Waals surface area contributed by atoms with Crippen LogP contribution in [-0.4, -0.2) is 43.1 Å². The molecular weight excluding hydrogens is 378 g/mol. The Hall–Kier alpha value is -2.96. The summed E-state index contributed by atoms with van der Waals surface area (Å²) in [6.07, 6.45) is 9.60. The molecule has 0 radical (unpaired) electrons. The van der Waals surface area contributed by atoms with Crippen LogP contribution in [0.3, 0.4) is 0 Å². The van der Waals surface area contributed by atoms with Crippen LogP contribution in [0.5, 0.6) is 0 Å². The van der Waals surface area contributed by atoms with Crippen LogP contribution in [0.4, 0.5) is 0 Å². The predicted octanol–water partition coefficient (Wildman–Crippen LogP) is 3.22. The molecule has 0 unspecified atom stereocenters. The fraction of sp³-hybridized carbons (Fsp3) is 0.478. The molecule has 2 aromatic heterocycles. The average molecular weight is 406 g/mol. The van der Waals surface area contributed by atoms with Gasteiger partial charge in [-0.2, -0.15) is 5.10 Å². The molecule has 7 heteroatoms. The average Bonchev–Trinajstić information content (AvgIpc) is 3.22. The molecule has 1 saturated carbocycles. The zero-order valence-electron chi connectivity index (χ0n) is 17.1. The first-order chi connectivity index (χ1) is 14.7. The van der Waals surface area contributed by atoms with Gasteiger partial charge in [-0.15, -0.1) is 0 Å². The quantitative estimate of drug-likeness (QED) is 0.722. The normalized spacial score (nSPS) is 21.5. The lowest BCUT2D eigenvalue weighted by atomic mass is 9.78. The van der Waals surface area contributed by atoms with Gasteiger partial charge in [-0.3, -0.25) is 9.59 Å². The highest BCUT2D eigenvalue weighted by Crippen LogP contribution is 2.35. The molecule has 3 aromatic rings. The van der Waals surface area contributed by atoms with Gasteiger partial charge >= 0.3 is 0 Å². The summed E-state index contributed by atoms with van der Waals surface area (Å²) in [4.78, 5) is 35.1. The van der Waals surface area contributed by atoms with E-state index in [-0.39, 0.29) is 11.5 Å². The SMILES string of the molecule is O=C(CCc1nc2c(cnn2-c2ccccc2)c(=O)[nH]1)N1CCC[C@@H]2CCCC[C@H]21. The number of nitrogens with one attached hydrogen (secondary N) is 1. The number of benzene rings is 1. The van der Waals surface area contributed by atoms with Crippen molar-refractivity contribution in [3.05, 3.63) is 52.7 Å². The molecule has 30 heavy (non-hydrogen) atoms. The summed E-state index contributed by atoms with van der Waals surface area (Å²) >= 11 is 0. The first kappa shape index (κ1) is 19.0. The monoisotopic (exact) mass is 405 g/mol. The summed E-state index contributed by atoms with van der Waals surface area (Å²) in [6.45, 7) is 0.865. The second-order valence-corrected chi connectivity index (χ2v) is 8.48. The molecule has 156 valence electrons. The first-order valence-electron chi connectivity index (χ1n) is 11.0. The van der Waals surface area contributed by atoms with Crippen molar-refractivity contribution >= 4 is 16.9 Å². The Morgan fingerprint density at radius 3 is 2.77 bits per heavy atom. The van der Waals surface area contributed by atoms with Gasteiger partial charge < -0.3 is 9.88 Å². The fourth-order valence-electron chi connectivity index (χ4n) is 5.14. The molecule has 2 aliphatic rings. The summed E-state index contributed by atoms with van der Waals surface area (Å²) in [6, 6.07) is 10.0. The summed E-state index contributed by atoms with van der Waals surface area (Å²) in [5.74, 6) is 1.40. The van der Waals surface area contributed by atoms with Crippen molar-refractivity contribution in [3.8, 4) is 5.69 Å². The maximum atomic E-state index is 13.0. The lowest BCUT2D eigenvalue weighted by molar-refractivity contribution is -0.137. The molecule has 1 aliphatic heterocycles. The molecule has 0 bridgehead atoms. The van der Waals surface area contributed by atoms with Gasteiger partial charge in [0, 0.05) is 25.4 Å². The van der Waals surface area contributed by atoms with Crippen LogP contribution in [0, 0.1) is 5.92 Å². The lowest BCUT2D eigenvalue weighted by Crippen LogP contribution is -2.49. The van der Waals surface area contributed by atoms with E-state index >= 15 is 0 Å². The number of carbonyl (C=O) groups excluding carboxylic acids is 1. The zero-order valence-corrected chi connectivity index (χ0v) is 17.1. The Morgan fingerprint density at radius 1 is 1.10 bits per heavy atom. The van der Waals surface area contributed by atoms with E-state index in [9.17, 15) is 9.59 Å². The van der Waals surface area contributed by atoms with Crippen LogP contribution in [0.15, 0.2) is 41.3 Å². The largest absolute Gasteiger partial charge is 0.339 e. The molecule has 1 aromatic carbocycles. The van der Waals surface area contributed by atoms with E-state index in [0.717, 1.165) is 25.1 Å². The Bertz CT molecular complexity index is 1100. The number of fused-ring (bicyclic) bond motifs is 2. The molecule has 0 spiro atoms. The Balaban J connectivity index is 1.35. The molecule has 3 heterocycles. The van der Waals surface area contributed by atoms with E-state index in [1.807, 2.05) is 30.3 Å². The molecule has 7 nitrogen and oxygen atoms in total. The Labute approximate surface area is 175 Å². The van der Waals surface area contributed by atoms with E-state index in [2.05, 4.69) is 20.0 Å². The third-order valence-corrected chi connectivity index (χ3v) is 6.63. The predicted molar refractivity (Wildman–Crippen MR) is 114 cm³/mol. The third-order valence-electron chi connectivity index (χ3n) is 6.63. The maximum absolute atomic E-state index is 13.0. The maximum Gasteiger partial charge on any atom is 0.262 e. The summed E-state index contributed by atoms with van der Waals surface area (Å²) in [5, 5.41) is 4.79. The molecule has 2 atom stereocenters. The van der Waals surface area contributed by atoms with Gasteiger partial charge in [-0.25, -0.2) is 9.67 Å². The van der Waals surface area contributed by atoms with Crippen LogP contribution < -0.4 is 5.56 Å². The molecule has 2 fully saturated rings. The van der Waals surface area contributed by atoms with Gasteiger partial charge in [0.1, 0.15) is 11.2 Å². The number of hydrogen-bond acceptors (Lipinski definition) is 4. The van der Waals surface area contributed by atoms with Gasteiger partial charge in [0.05, 0.1) is 11.9 Å². The van der Waals surface area contributed by atoms with E-state index in [4.69, 9.17) is 0 Å². The van der Waals surface area contributed by atoms with Crippen molar-refractivity contribution in [2.24, 2.45) is 5.92 Å². The lowest BCUT2D eigenvalue weighted by Gasteiger charge is -2.44. The fourth-order valence-corrected chi connectivity index (χ4v) is 5.14. The first-order valence-corrected chi connectivity index (χ1v) is 11.0. The van der Waals surface area contributed by atoms with Crippen molar-refractivity contribution in [1.29, 1.82) is 0 Å². The molecular formula is C23H27N5O2. The highest BCUT2D eigenvalue weighted by atomic mass is 16.2. The van der Waals surface area contributed by atoms with Crippen molar-refractivity contribution in [3.63, 3.8) is 0 Å². The topological polar surface area (TPSA) is 83.9 Å². The van der Waals surface area contributed by atoms with Gasteiger partial charge in [-0.1, -0.05) is 31.0 Å². The molecule has 1 saturated heterocycles. The van der Waals surface area contributed by atoms with E-state index in [0.29, 0.717) is 41.7 Å².